The maximum absolute atomic E-state index is 11.1. The number of aliphatic hydroxyl groups is 1. The van der Waals surface area contributed by atoms with Gasteiger partial charge >= 0.3 is 5.97 Å². The summed E-state index contributed by atoms with van der Waals surface area (Å²) in [5.74, 6) is 0.760. The molecule has 7 heteroatoms. The molecule has 0 saturated carbocycles. The van der Waals surface area contributed by atoms with E-state index in [4.69, 9.17) is 5.11 Å². The third-order valence-corrected chi connectivity index (χ3v) is 4.94. The summed E-state index contributed by atoms with van der Waals surface area (Å²) in [7, 11) is 0. The molecule has 3 rings (SSSR count). The lowest BCUT2D eigenvalue weighted by Gasteiger charge is -2.36. The monoisotopic (exact) mass is 320 g/mol. The second-order valence-corrected chi connectivity index (χ2v) is 6.36. The van der Waals surface area contributed by atoms with Crippen molar-refractivity contribution < 1.29 is 15.0 Å². The Balaban J connectivity index is 1.71. The van der Waals surface area contributed by atoms with E-state index in [0.29, 0.717) is 25.9 Å². The summed E-state index contributed by atoms with van der Waals surface area (Å²) < 4.78 is 0. The average Bonchev–Trinajstić information content (AvgIpc) is 2.62. The molecule has 0 aliphatic carbocycles. The smallest absolute Gasteiger partial charge is 0.306 e. The number of carbonyl (C=O) groups is 1. The highest BCUT2D eigenvalue weighted by Crippen LogP contribution is 2.27. The van der Waals surface area contributed by atoms with Crippen molar-refractivity contribution in [2.45, 2.75) is 38.1 Å². The highest BCUT2D eigenvalue weighted by Gasteiger charge is 2.27. The Labute approximate surface area is 136 Å². The number of carboxylic acids is 1. The molecule has 2 saturated heterocycles. The zero-order valence-electron chi connectivity index (χ0n) is 13.3. The molecule has 2 aliphatic rings. The molecule has 1 aromatic heterocycles. The molecular weight excluding hydrogens is 296 g/mol. The maximum Gasteiger partial charge on any atom is 0.306 e. The third-order valence-electron chi connectivity index (χ3n) is 4.94. The minimum Gasteiger partial charge on any atom is -0.481 e. The molecule has 23 heavy (non-hydrogen) atoms. The lowest BCUT2D eigenvalue weighted by Crippen LogP contribution is -2.42. The topological polar surface area (TPSA) is 89.8 Å². The first-order valence-electron chi connectivity index (χ1n) is 8.36. The van der Waals surface area contributed by atoms with Gasteiger partial charge in [0.2, 0.25) is 0 Å². The molecule has 0 radical (unpaired) electrons. The molecule has 0 spiro atoms. The van der Waals surface area contributed by atoms with Crippen molar-refractivity contribution in [3.63, 3.8) is 0 Å². The van der Waals surface area contributed by atoms with Crippen LogP contribution in [-0.4, -0.2) is 58.4 Å². The predicted octanol–water partition coefficient (Wildman–Crippen LogP) is 1.13. The van der Waals surface area contributed by atoms with Gasteiger partial charge in [-0.15, -0.1) is 0 Å². The Morgan fingerprint density at radius 3 is 2.57 bits per heavy atom. The molecule has 2 N–H and O–H groups in total. The van der Waals surface area contributed by atoms with Crippen LogP contribution in [0.5, 0.6) is 0 Å². The van der Waals surface area contributed by atoms with Crippen LogP contribution in [-0.2, 0) is 4.79 Å². The Morgan fingerprint density at radius 1 is 1.13 bits per heavy atom. The van der Waals surface area contributed by atoms with Gasteiger partial charge in [0, 0.05) is 25.7 Å². The summed E-state index contributed by atoms with van der Waals surface area (Å²) in [5.41, 5.74) is 0. The van der Waals surface area contributed by atoms with E-state index in [1.165, 1.54) is 0 Å². The Bertz CT molecular complexity index is 546. The number of carboxylic acid groups (broad SMARTS) is 1. The highest BCUT2D eigenvalue weighted by molar-refractivity contribution is 5.70. The number of hydrogen-bond donors (Lipinski definition) is 2. The molecule has 1 unspecified atom stereocenters. The van der Waals surface area contributed by atoms with E-state index < -0.39 is 5.97 Å². The van der Waals surface area contributed by atoms with E-state index in [0.717, 1.165) is 37.4 Å². The lowest BCUT2D eigenvalue weighted by molar-refractivity contribution is -0.142. The summed E-state index contributed by atoms with van der Waals surface area (Å²) >= 11 is 0. The van der Waals surface area contributed by atoms with Gasteiger partial charge in [0.1, 0.15) is 18.0 Å². The molecule has 3 heterocycles. The minimum absolute atomic E-state index is 0.129. The molecule has 7 nitrogen and oxygen atoms in total. The van der Waals surface area contributed by atoms with E-state index in [9.17, 15) is 9.90 Å². The van der Waals surface area contributed by atoms with Crippen LogP contribution >= 0.6 is 0 Å². The third kappa shape index (κ3) is 3.55. The normalized spacial score (nSPS) is 23.1. The average molecular weight is 320 g/mol. The second-order valence-electron chi connectivity index (χ2n) is 6.36. The SMILES string of the molecule is O=C(O)C1CCN(c2cc(N3CCCCC3CO)ncn2)CC1. The summed E-state index contributed by atoms with van der Waals surface area (Å²) in [6, 6.07) is 2.10. The van der Waals surface area contributed by atoms with Gasteiger partial charge in [0.05, 0.1) is 18.6 Å². The van der Waals surface area contributed by atoms with E-state index in [-0.39, 0.29) is 18.6 Å². The van der Waals surface area contributed by atoms with Crippen molar-refractivity contribution in [1.82, 2.24) is 9.97 Å². The quantitative estimate of drug-likeness (QED) is 0.859. The largest absolute Gasteiger partial charge is 0.481 e. The van der Waals surface area contributed by atoms with Crippen LogP contribution < -0.4 is 9.80 Å². The summed E-state index contributed by atoms with van der Waals surface area (Å²) in [6.45, 7) is 2.46. The van der Waals surface area contributed by atoms with Gasteiger partial charge < -0.3 is 20.0 Å². The van der Waals surface area contributed by atoms with Gasteiger partial charge in [-0.1, -0.05) is 0 Å². The maximum atomic E-state index is 11.1. The summed E-state index contributed by atoms with van der Waals surface area (Å²) in [6.07, 6.45) is 6.11. The predicted molar refractivity (Wildman–Crippen MR) is 86.7 cm³/mol. The van der Waals surface area contributed by atoms with E-state index in [1.54, 1.807) is 6.33 Å². The van der Waals surface area contributed by atoms with Crippen molar-refractivity contribution >= 4 is 17.6 Å². The van der Waals surface area contributed by atoms with Gasteiger partial charge in [-0.2, -0.15) is 0 Å². The van der Waals surface area contributed by atoms with Gasteiger partial charge in [-0.05, 0) is 32.1 Å². The number of aliphatic carboxylic acids is 1. The van der Waals surface area contributed by atoms with Crippen LogP contribution in [0.25, 0.3) is 0 Å². The minimum atomic E-state index is -0.702. The van der Waals surface area contributed by atoms with Crippen molar-refractivity contribution in [3.05, 3.63) is 12.4 Å². The first-order valence-corrected chi connectivity index (χ1v) is 8.36. The number of hydrogen-bond acceptors (Lipinski definition) is 6. The fraction of sp³-hybridized carbons (Fsp3) is 0.688. The van der Waals surface area contributed by atoms with E-state index in [2.05, 4.69) is 19.8 Å². The van der Waals surface area contributed by atoms with Crippen LogP contribution in [0.2, 0.25) is 0 Å². The highest BCUT2D eigenvalue weighted by atomic mass is 16.4. The first kappa shape index (κ1) is 16.0. The molecule has 1 atom stereocenters. The fourth-order valence-corrected chi connectivity index (χ4v) is 3.51. The van der Waals surface area contributed by atoms with Crippen LogP contribution in [0.15, 0.2) is 12.4 Å². The molecule has 2 fully saturated rings. The van der Waals surface area contributed by atoms with Gasteiger partial charge in [-0.25, -0.2) is 9.97 Å². The number of nitrogens with zero attached hydrogens (tertiary/aromatic N) is 4. The molecule has 0 aromatic carbocycles. The summed E-state index contributed by atoms with van der Waals surface area (Å²) in [5, 5.41) is 18.7. The van der Waals surface area contributed by atoms with Crippen molar-refractivity contribution in [2.75, 3.05) is 36.0 Å². The van der Waals surface area contributed by atoms with Crippen LogP contribution in [0.4, 0.5) is 11.6 Å². The molecule has 126 valence electrons. The number of rotatable bonds is 4. The van der Waals surface area contributed by atoms with Crippen LogP contribution in [0.1, 0.15) is 32.1 Å². The molecule has 2 aliphatic heterocycles. The first-order chi connectivity index (χ1) is 11.2. The van der Waals surface area contributed by atoms with E-state index in [1.807, 2.05) is 6.07 Å². The Hall–Kier alpha value is -1.89. The van der Waals surface area contributed by atoms with Gasteiger partial charge in [0.25, 0.3) is 0 Å². The Morgan fingerprint density at radius 2 is 1.87 bits per heavy atom. The van der Waals surface area contributed by atoms with Crippen LogP contribution in [0, 0.1) is 5.92 Å². The fourth-order valence-electron chi connectivity index (χ4n) is 3.51. The van der Waals surface area contributed by atoms with Gasteiger partial charge in [0.15, 0.2) is 0 Å². The zero-order chi connectivity index (χ0) is 16.2. The number of anilines is 2. The molecule has 0 amide bonds. The number of aliphatic hydroxyl groups excluding tert-OH is 1. The second kappa shape index (κ2) is 7.12. The van der Waals surface area contributed by atoms with E-state index >= 15 is 0 Å². The number of aromatic nitrogens is 2. The van der Waals surface area contributed by atoms with Crippen molar-refractivity contribution in [1.29, 1.82) is 0 Å². The molecule has 1 aromatic rings. The zero-order valence-corrected chi connectivity index (χ0v) is 13.3. The van der Waals surface area contributed by atoms with Crippen molar-refractivity contribution in [3.8, 4) is 0 Å². The Kier molecular flexibility index (Phi) is 4.95. The van der Waals surface area contributed by atoms with Gasteiger partial charge in [-0.3, -0.25) is 4.79 Å². The summed E-state index contributed by atoms with van der Waals surface area (Å²) in [4.78, 5) is 24.1. The standard InChI is InChI=1S/C16H24N4O3/c21-10-13-3-1-2-6-20(13)15-9-14(17-11-18-15)19-7-4-12(5-8-19)16(22)23/h9,11-13,21H,1-8,10H2,(H,22,23). The van der Waals surface area contributed by atoms with Crippen LogP contribution in [0.3, 0.4) is 0 Å². The molecule has 0 bridgehead atoms. The van der Waals surface area contributed by atoms with Crippen molar-refractivity contribution in [2.24, 2.45) is 5.92 Å². The lowest BCUT2D eigenvalue weighted by atomic mass is 9.97. The number of piperidine rings is 2. The molecular formula is C16H24N4O3.